The molecule has 0 fully saturated rings. The number of guanidine groups is 1. The highest BCUT2D eigenvalue weighted by Crippen LogP contribution is 1.89. The Morgan fingerprint density at radius 3 is 2.43 bits per heavy atom. The van der Waals surface area contributed by atoms with Gasteiger partial charge in [-0.15, -0.1) is 24.0 Å². The van der Waals surface area contributed by atoms with Gasteiger partial charge in [0, 0.05) is 39.9 Å². The minimum Gasteiger partial charge on any atom is -0.382 e. The van der Waals surface area contributed by atoms with Crippen LogP contribution < -0.4 is 10.6 Å². The SMILES string of the molecule is CCCN(CC)CCNC(=NCCCOCCOC)NCC.I. The fourth-order valence-electron chi connectivity index (χ4n) is 2.02. The zero-order valence-electron chi connectivity index (χ0n) is 15.4. The normalized spacial score (nSPS) is 11.4. The zero-order valence-corrected chi connectivity index (χ0v) is 17.7. The number of nitrogens with one attached hydrogen (secondary N) is 2. The first-order chi connectivity index (χ1) is 10.8. The Morgan fingerprint density at radius 1 is 1.04 bits per heavy atom. The van der Waals surface area contributed by atoms with Gasteiger partial charge in [0.25, 0.3) is 0 Å². The molecule has 2 N–H and O–H groups in total. The van der Waals surface area contributed by atoms with E-state index in [1.54, 1.807) is 7.11 Å². The van der Waals surface area contributed by atoms with Crippen molar-refractivity contribution >= 4 is 29.9 Å². The Bertz CT molecular complexity index is 268. The van der Waals surface area contributed by atoms with E-state index in [0.717, 1.165) is 58.3 Å². The summed E-state index contributed by atoms with van der Waals surface area (Å²) >= 11 is 0. The maximum Gasteiger partial charge on any atom is 0.191 e. The van der Waals surface area contributed by atoms with Crippen LogP contribution in [0.1, 0.15) is 33.6 Å². The fourth-order valence-corrected chi connectivity index (χ4v) is 2.02. The van der Waals surface area contributed by atoms with E-state index < -0.39 is 0 Å². The summed E-state index contributed by atoms with van der Waals surface area (Å²) < 4.78 is 10.4. The quantitative estimate of drug-likeness (QED) is 0.186. The Balaban J connectivity index is 0. The number of hydrogen-bond acceptors (Lipinski definition) is 4. The first kappa shape index (κ1) is 25.1. The average Bonchev–Trinajstić information content (AvgIpc) is 2.53. The summed E-state index contributed by atoms with van der Waals surface area (Å²) in [5.74, 6) is 0.895. The largest absolute Gasteiger partial charge is 0.382 e. The summed E-state index contributed by atoms with van der Waals surface area (Å²) in [6.07, 6.45) is 2.13. The Morgan fingerprint density at radius 2 is 1.83 bits per heavy atom. The summed E-state index contributed by atoms with van der Waals surface area (Å²) in [7, 11) is 1.68. The molecule has 0 aliphatic heterocycles. The predicted octanol–water partition coefficient (Wildman–Crippen LogP) is 1.94. The van der Waals surface area contributed by atoms with Crippen molar-refractivity contribution in [3.8, 4) is 0 Å². The molecule has 0 aromatic carbocycles. The van der Waals surface area contributed by atoms with E-state index in [1.807, 2.05) is 0 Å². The monoisotopic (exact) mass is 444 g/mol. The molecule has 0 atom stereocenters. The number of aliphatic imine (C=N–C) groups is 1. The van der Waals surface area contributed by atoms with E-state index in [1.165, 1.54) is 6.42 Å². The molecule has 0 amide bonds. The maximum absolute atomic E-state index is 5.43. The molecule has 0 saturated heterocycles. The summed E-state index contributed by atoms with van der Waals surface area (Å²) in [5, 5.41) is 6.67. The van der Waals surface area contributed by atoms with E-state index in [2.05, 4.69) is 41.3 Å². The van der Waals surface area contributed by atoms with E-state index in [0.29, 0.717) is 13.2 Å². The van der Waals surface area contributed by atoms with Crippen LogP contribution in [0.4, 0.5) is 0 Å². The zero-order chi connectivity index (χ0) is 16.5. The van der Waals surface area contributed by atoms with Gasteiger partial charge in [-0.1, -0.05) is 13.8 Å². The van der Waals surface area contributed by atoms with Crippen LogP contribution in [-0.2, 0) is 9.47 Å². The lowest BCUT2D eigenvalue weighted by molar-refractivity contribution is 0.0702. The maximum atomic E-state index is 5.43. The number of nitrogens with zero attached hydrogens (tertiary/aromatic N) is 2. The molecule has 6 nitrogen and oxygen atoms in total. The molecule has 0 heterocycles. The molecule has 0 bridgehead atoms. The molecule has 0 radical (unpaired) electrons. The number of methoxy groups -OCH3 is 1. The van der Waals surface area contributed by atoms with Crippen molar-refractivity contribution in [1.82, 2.24) is 15.5 Å². The molecular weight excluding hydrogens is 407 g/mol. The van der Waals surface area contributed by atoms with E-state index in [-0.39, 0.29) is 24.0 Å². The van der Waals surface area contributed by atoms with E-state index in [9.17, 15) is 0 Å². The average molecular weight is 444 g/mol. The van der Waals surface area contributed by atoms with Gasteiger partial charge in [0.05, 0.1) is 13.2 Å². The van der Waals surface area contributed by atoms with E-state index in [4.69, 9.17) is 9.47 Å². The van der Waals surface area contributed by atoms with Crippen LogP contribution in [0.25, 0.3) is 0 Å². The topological polar surface area (TPSA) is 58.1 Å². The third-order valence-corrected chi connectivity index (χ3v) is 3.20. The van der Waals surface area contributed by atoms with Crippen LogP contribution in [0.5, 0.6) is 0 Å². The van der Waals surface area contributed by atoms with Gasteiger partial charge in [0.1, 0.15) is 0 Å². The number of ether oxygens (including phenoxy) is 2. The molecule has 0 rings (SSSR count). The molecular formula is C16H37IN4O2. The molecule has 0 unspecified atom stereocenters. The van der Waals surface area contributed by atoms with Crippen molar-refractivity contribution in [2.75, 3.05) is 66.2 Å². The molecule has 0 aliphatic carbocycles. The van der Waals surface area contributed by atoms with Gasteiger partial charge in [0.2, 0.25) is 0 Å². The molecule has 0 saturated carbocycles. The fraction of sp³-hybridized carbons (Fsp3) is 0.938. The highest BCUT2D eigenvalue weighted by molar-refractivity contribution is 14.0. The van der Waals surface area contributed by atoms with Crippen LogP contribution in [0.2, 0.25) is 0 Å². The molecule has 0 aromatic heterocycles. The molecule has 0 spiro atoms. The molecule has 0 aromatic rings. The second-order valence-electron chi connectivity index (χ2n) is 5.08. The van der Waals surface area contributed by atoms with Gasteiger partial charge in [-0.05, 0) is 32.9 Å². The van der Waals surface area contributed by atoms with Gasteiger partial charge in [-0.25, -0.2) is 0 Å². The summed E-state index contributed by atoms with van der Waals surface area (Å²) in [4.78, 5) is 7.01. The lowest BCUT2D eigenvalue weighted by Crippen LogP contribution is -2.41. The third kappa shape index (κ3) is 16.5. The second kappa shape index (κ2) is 19.9. The smallest absolute Gasteiger partial charge is 0.191 e. The van der Waals surface area contributed by atoms with Crippen molar-refractivity contribution in [1.29, 1.82) is 0 Å². The van der Waals surface area contributed by atoms with Crippen molar-refractivity contribution in [3.05, 3.63) is 0 Å². The summed E-state index contributed by atoms with van der Waals surface area (Å²) in [6, 6.07) is 0. The van der Waals surface area contributed by atoms with Crippen LogP contribution in [0.3, 0.4) is 0 Å². The van der Waals surface area contributed by atoms with Gasteiger partial charge in [-0.3, -0.25) is 4.99 Å². The first-order valence-corrected chi connectivity index (χ1v) is 8.59. The Labute approximate surface area is 159 Å². The molecule has 140 valence electrons. The minimum absolute atomic E-state index is 0. The van der Waals surface area contributed by atoms with Crippen molar-refractivity contribution in [3.63, 3.8) is 0 Å². The van der Waals surface area contributed by atoms with Crippen LogP contribution >= 0.6 is 24.0 Å². The number of hydrogen-bond donors (Lipinski definition) is 2. The van der Waals surface area contributed by atoms with Crippen molar-refractivity contribution in [2.45, 2.75) is 33.6 Å². The number of likely N-dealkylation sites (N-methyl/N-ethyl adjacent to an activating group) is 1. The highest BCUT2D eigenvalue weighted by atomic mass is 127. The van der Waals surface area contributed by atoms with Crippen LogP contribution in [-0.4, -0.2) is 77.1 Å². The number of rotatable bonds is 14. The predicted molar refractivity (Wildman–Crippen MR) is 109 cm³/mol. The Kier molecular flexibility index (Phi) is 21.8. The molecule has 0 aliphatic rings. The lowest BCUT2D eigenvalue weighted by Gasteiger charge is -2.20. The standard InChI is InChI=1S/C16H36N4O2.HI/c1-5-11-20(7-3)12-10-19-16(17-6-2)18-9-8-13-22-15-14-21-4;/h5-15H2,1-4H3,(H2,17,18,19);1H. The van der Waals surface area contributed by atoms with Crippen LogP contribution in [0, 0.1) is 0 Å². The van der Waals surface area contributed by atoms with Gasteiger partial charge in [-0.2, -0.15) is 0 Å². The second-order valence-corrected chi connectivity index (χ2v) is 5.08. The molecule has 7 heteroatoms. The Hall–Kier alpha value is -0.120. The van der Waals surface area contributed by atoms with Crippen molar-refractivity contribution < 1.29 is 9.47 Å². The van der Waals surface area contributed by atoms with Gasteiger partial charge >= 0.3 is 0 Å². The molecule has 23 heavy (non-hydrogen) atoms. The lowest BCUT2D eigenvalue weighted by atomic mass is 10.4. The third-order valence-electron chi connectivity index (χ3n) is 3.20. The van der Waals surface area contributed by atoms with Crippen molar-refractivity contribution in [2.24, 2.45) is 4.99 Å². The summed E-state index contributed by atoms with van der Waals surface area (Å²) in [5.41, 5.74) is 0. The highest BCUT2D eigenvalue weighted by Gasteiger charge is 2.01. The van der Waals surface area contributed by atoms with Gasteiger partial charge in [0.15, 0.2) is 5.96 Å². The minimum atomic E-state index is 0. The van der Waals surface area contributed by atoms with E-state index >= 15 is 0 Å². The van der Waals surface area contributed by atoms with Gasteiger partial charge < -0.3 is 25.0 Å². The first-order valence-electron chi connectivity index (χ1n) is 8.59. The van der Waals surface area contributed by atoms with Crippen LogP contribution in [0.15, 0.2) is 4.99 Å². The summed E-state index contributed by atoms with van der Waals surface area (Å²) in [6.45, 7) is 14.4. The number of halogens is 1.